The minimum absolute atomic E-state index is 0.728. The van der Waals surface area contributed by atoms with Crippen molar-refractivity contribution in [3.05, 3.63) is 267 Å². The second kappa shape index (κ2) is 17.3. The molecule has 0 spiro atoms. The first-order valence-corrected chi connectivity index (χ1v) is 27.0. The van der Waals surface area contributed by atoms with E-state index in [-0.39, 0.29) is 0 Å². The van der Waals surface area contributed by atoms with Gasteiger partial charge < -0.3 is 27.5 Å². The predicted molar refractivity (Wildman–Crippen MR) is 331 cm³/mol. The number of anilines is 6. The Kier molecular flexibility index (Phi) is 9.61. The van der Waals surface area contributed by atoms with Crippen LogP contribution in [0.25, 0.3) is 132 Å². The lowest BCUT2D eigenvalue weighted by Crippen LogP contribution is -2.11. The number of hydrogen-bond acceptors (Lipinski definition) is 6. The quantitative estimate of drug-likeness (QED) is 0.151. The molecule has 0 bridgehead atoms. The van der Waals surface area contributed by atoms with Crippen LogP contribution in [0.4, 0.5) is 34.1 Å². The molecule has 6 heteroatoms. The molecule has 0 aliphatic carbocycles. The van der Waals surface area contributed by atoms with Gasteiger partial charge in [0.1, 0.15) is 22.3 Å². The lowest BCUT2D eigenvalue weighted by molar-refractivity contribution is 0.634. The second-order valence-electron chi connectivity index (χ2n) is 20.7. The van der Waals surface area contributed by atoms with Gasteiger partial charge in [0.15, 0.2) is 22.3 Å². The van der Waals surface area contributed by atoms with Gasteiger partial charge in [-0.25, -0.2) is 0 Å². The molecule has 4 heterocycles. The standard InChI is InChI=1S/C74H44N2O4/c1-5-17-45(18-6-1)55-33-35-59-57-25-13-15-27-65(57)77-71(59)69(55)75(51-21-9-3-10-22-51)53-31-29-47-41-63-61-37-38-62-64-42-48-30-32-54(40-50(48)44-68(64)80-74(62)73(61)79-67(63)43-49(47)39-53)76(52-23-11-4-12-24-52)70-56(46-19-7-2-8-20-46)34-36-60-58-26-14-16-28-66(58)78-72(60)70/h1-44H. The molecule has 0 saturated heterocycles. The van der Waals surface area contributed by atoms with Crippen LogP contribution in [0, 0.1) is 0 Å². The van der Waals surface area contributed by atoms with E-state index in [1.807, 2.05) is 24.3 Å². The molecule has 6 nitrogen and oxygen atoms in total. The largest absolute Gasteiger partial charge is 0.454 e. The number of hydrogen-bond donors (Lipinski definition) is 0. The van der Waals surface area contributed by atoms with Gasteiger partial charge in [-0.15, -0.1) is 0 Å². The highest BCUT2D eigenvalue weighted by molar-refractivity contribution is 6.22. The third-order valence-electron chi connectivity index (χ3n) is 16.2. The minimum Gasteiger partial charge on any atom is -0.454 e. The van der Waals surface area contributed by atoms with Crippen molar-refractivity contribution in [1.82, 2.24) is 0 Å². The second-order valence-corrected chi connectivity index (χ2v) is 20.7. The Balaban J connectivity index is 0.812. The van der Waals surface area contributed by atoms with Gasteiger partial charge in [-0.05, 0) is 142 Å². The molecule has 0 unspecified atom stereocenters. The summed E-state index contributed by atoms with van der Waals surface area (Å²) in [6, 6.07) is 94.3. The van der Waals surface area contributed by atoms with Crippen LogP contribution in [0.3, 0.4) is 0 Å². The van der Waals surface area contributed by atoms with Crippen molar-refractivity contribution in [2.45, 2.75) is 0 Å². The van der Waals surface area contributed by atoms with Crippen LogP contribution in [0.5, 0.6) is 0 Å². The van der Waals surface area contributed by atoms with Gasteiger partial charge in [-0.1, -0.05) is 158 Å². The fraction of sp³-hybridized carbons (Fsp3) is 0. The first-order chi connectivity index (χ1) is 39.6. The number of fused-ring (bicyclic) bond motifs is 15. The van der Waals surface area contributed by atoms with Crippen molar-refractivity contribution >= 4 is 143 Å². The lowest BCUT2D eigenvalue weighted by atomic mass is 9.98. The summed E-state index contributed by atoms with van der Waals surface area (Å²) in [5, 5.41) is 12.7. The Morgan fingerprint density at radius 1 is 0.212 bits per heavy atom. The molecule has 13 aromatic carbocycles. The molecule has 374 valence electrons. The van der Waals surface area contributed by atoms with Gasteiger partial charge >= 0.3 is 0 Å². The van der Waals surface area contributed by atoms with Gasteiger partial charge in [0, 0.05) is 77.0 Å². The molecule has 0 fully saturated rings. The molecule has 80 heavy (non-hydrogen) atoms. The fourth-order valence-corrected chi connectivity index (χ4v) is 12.5. The summed E-state index contributed by atoms with van der Waals surface area (Å²) in [5.74, 6) is 0. The zero-order valence-electron chi connectivity index (χ0n) is 42.9. The highest BCUT2D eigenvalue weighted by atomic mass is 16.4. The summed E-state index contributed by atoms with van der Waals surface area (Å²) in [4.78, 5) is 4.67. The highest BCUT2D eigenvalue weighted by Gasteiger charge is 2.27. The molecular weight excluding hydrogens is 981 g/mol. The smallest absolute Gasteiger partial charge is 0.178 e. The molecule has 17 aromatic rings. The number of rotatable bonds is 8. The SMILES string of the molecule is c1ccc(-c2ccc3c(oc4ccccc43)c2N(c2ccccc2)c2ccc3cc4c(cc3c2)oc2c4ccc3c4cc5ccc(N(c6ccccc6)c6c(-c7ccccc7)ccc7c6oc6ccccc67)cc5cc4oc32)cc1. The monoisotopic (exact) mass is 1020 g/mol. The molecule has 17 rings (SSSR count). The Labute approximate surface area is 457 Å². The first-order valence-electron chi connectivity index (χ1n) is 27.0. The van der Waals surface area contributed by atoms with Crippen molar-refractivity contribution in [1.29, 1.82) is 0 Å². The maximum absolute atomic E-state index is 6.95. The van der Waals surface area contributed by atoms with E-state index in [0.717, 1.165) is 166 Å². The van der Waals surface area contributed by atoms with Crippen molar-refractivity contribution in [3.63, 3.8) is 0 Å². The van der Waals surface area contributed by atoms with E-state index < -0.39 is 0 Å². The summed E-state index contributed by atoms with van der Waals surface area (Å²) < 4.78 is 27.6. The number of nitrogens with zero attached hydrogens (tertiary/aromatic N) is 2. The van der Waals surface area contributed by atoms with E-state index in [2.05, 4.69) is 252 Å². The minimum atomic E-state index is 0.728. The zero-order chi connectivity index (χ0) is 52.4. The molecule has 0 aliphatic rings. The van der Waals surface area contributed by atoms with Crippen LogP contribution in [0.2, 0.25) is 0 Å². The van der Waals surface area contributed by atoms with Crippen LogP contribution in [0.1, 0.15) is 0 Å². The van der Waals surface area contributed by atoms with Gasteiger partial charge in [0.25, 0.3) is 0 Å². The van der Waals surface area contributed by atoms with Crippen LogP contribution in [-0.2, 0) is 0 Å². The van der Waals surface area contributed by atoms with Crippen molar-refractivity contribution < 1.29 is 17.7 Å². The summed E-state index contributed by atoms with van der Waals surface area (Å²) in [6.45, 7) is 0. The van der Waals surface area contributed by atoms with Gasteiger partial charge in [-0.3, -0.25) is 0 Å². The first kappa shape index (κ1) is 44.3. The van der Waals surface area contributed by atoms with E-state index in [4.69, 9.17) is 17.7 Å². The van der Waals surface area contributed by atoms with E-state index in [0.29, 0.717) is 0 Å². The third kappa shape index (κ3) is 6.79. The van der Waals surface area contributed by atoms with E-state index in [1.54, 1.807) is 0 Å². The summed E-state index contributed by atoms with van der Waals surface area (Å²) in [6.07, 6.45) is 0. The Hall–Kier alpha value is -10.8. The number of furan rings is 4. The average Bonchev–Trinajstić information content (AvgIpc) is 4.41. The molecule has 0 aliphatic heterocycles. The fourth-order valence-electron chi connectivity index (χ4n) is 12.5. The maximum Gasteiger partial charge on any atom is 0.178 e. The third-order valence-corrected chi connectivity index (χ3v) is 16.2. The lowest BCUT2D eigenvalue weighted by Gasteiger charge is -2.28. The van der Waals surface area contributed by atoms with E-state index in [1.165, 1.54) is 0 Å². The highest BCUT2D eigenvalue weighted by Crippen LogP contribution is 2.51. The van der Waals surface area contributed by atoms with Gasteiger partial charge in [0.2, 0.25) is 0 Å². The van der Waals surface area contributed by atoms with E-state index >= 15 is 0 Å². The molecule has 0 atom stereocenters. The summed E-state index contributed by atoms with van der Waals surface area (Å²) in [5.41, 5.74) is 16.7. The van der Waals surface area contributed by atoms with Crippen LogP contribution >= 0.6 is 0 Å². The normalized spacial score (nSPS) is 12.0. The zero-order valence-corrected chi connectivity index (χ0v) is 42.9. The molecule has 0 saturated carbocycles. The topological polar surface area (TPSA) is 59.0 Å². The van der Waals surface area contributed by atoms with Crippen LogP contribution in [0.15, 0.2) is 285 Å². The summed E-state index contributed by atoms with van der Waals surface area (Å²) >= 11 is 0. The molecule has 0 N–H and O–H groups in total. The predicted octanol–water partition coefficient (Wildman–Crippen LogP) is 21.9. The number of para-hydroxylation sites is 4. The molecule has 0 radical (unpaired) electrons. The van der Waals surface area contributed by atoms with E-state index in [9.17, 15) is 0 Å². The molecule has 0 amide bonds. The molecular formula is C74H44N2O4. The van der Waals surface area contributed by atoms with Crippen molar-refractivity contribution in [3.8, 4) is 22.3 Å². The Morgan fingerprint density at radius 2 is 0.575 bits per heavy atom. The average molecular weight is 1030 g/mol. The van der Waals surface area contributed by atoms with Crippen molar-refractivity contribution in [2.24, 2.45) is 0 Å². The van der Waals surface area contributed by atoms with Crippen LogP contribution in [-0.4, -0.2) is 0 Å². The van der Waals surface area contributed by atoms with Gasteiger partial charge in [-0.2, -0.15) is 0 Å². The van der Waals surface area contributed by atoms with Crippen LogP contribution < -0.4 is 9.80 Å². The van der Waals surface area contributed by atoms with Crippen molar-refractivity contribution in [2.75, 3.05) is 9.80 Å². The van der Waals surface area contributed by atoms with Gasteiger partial charge in [0.05, 0.1) is 11.4 Å². The maximum atomic E-state index is 6.95. The summed E-state index contributed by atoms with van der Waals surface area (Å²) in [7, 11) is 0. The Bertz CT molecular complexity index is 4970. The Morgan fingerprint density at radius 3 is 1.01 bits per heavy atom. The molecule has 4 aromatic heterocycles. The number of benzene rings is 13.